The van der Waals surface area contributed by atoms with E-state index in [2.05, 4.69) is 4.98 Å². The molecule has 0 saturated carbocycles. The number of nitrogens with two attached hydrogens (primary N) is 1. The van der Waals surface area contributed by atoms with Gasteiger partial charge in [-0.1, -0.05) is 13.8 Å². The standard InChI is InChI=1S/C20H24N4O3/c1-10(2)17-20(26)24(4)15-8-11(21)7-13(18(15)27-17)14-9-23(3)19(25)16-12(14)5-6-22-16/h5-10,17,20,22,26H,21H2,1-4H3. The van der Waals surface area contributed by atoms with E-state index in [4.69, 9.17) is 10.5 Å². The number of aromatic amines is 1. The Hall–Kier alpha value is -2.93. The summed E-state index contributed by atoms with van der Waals surface area (Å²) < 4.78 is 7.81. The monoisotopic (exact) mass is 368 g/mol. The van der Waals surface area contributed by atoms with Crippen LogP contribution in [0.1, 0.15) is 13.8 Å². The van der Waals surface area contributed by atoms with Crippen molar-refractivity contribution in [1.82, 2.24) is 9.55 Å². The molecule has 0 bridgehead atoms. The van der Waals surface area contributed by atoms with E-state index in [1.807, 2.05) is 33.0 Å². The van der Waals surface area contributed by atoms with Crippen molar-refractivity contribution in [1.29, 1.82) is 0 Å². The predicted molar refractivity (Wildman–Crippen MR) is 107 cm³/mol. The topological polar surface area (TPSA) is 96.5 Å². The first kappa shape index (κ1) is 17.5. The fourth-order valence-corrected chi connectivity index (χ4v) is 3.74. The molecular formula is C20H24N4O3. The van der Waals surface area contributed by atoms with Crippen molar-refractivity contribution in [2.45, 2.75) is 26.2 Å². The molecule has 1 aromatic carbocycles. The lowest BCUT2D eigenvalue weighted by Crippen LogP contribution is -2.50. The van der Waals surface area contributed by atoms with Crippen LogP contribution in [-0.2, 0) is 7.05 Å². The lowest BCUT2D eigenvalue weighted by molar-refractivity contribution is -0.0000516. The van der Waals surface area contributed by atoms with Gasteiger partial charge in [-0.3, -0.25) is 4.79 Å². The summed E-state index contributed by atoms with van der Waals surface area (Å²) in [6.07, 6.45) is 2.41. The minimum Gasteiger partial charge on any atom is -0.483 e. The van der Waals surface area contributed by atoms with Crippen LogP contribution in [0.3, 0.4) is 0 Å². The number of fused-ring (bicyclic) bond motifs is 2. The fraction of sp³-hybridized carbons (Fsp3) is 0.350. The van der Waals surface area contributed by atoms with Gasteiger partial charge in [-0.15, -0.1) is 0 Å². The van der Waals surface area contributed by atoms with Crippen molar-refractivity contribution < 1.29 is 9.84 Å². The average molecular weight is 368 g/mol. The maximum atomic E-state index is 12.4. The van der Waals surface area contributed by atoms with Crippen molar-refractivity contribution >= 4 is 22.3 Å². The summed E-state index contributed by atoms with van der Waals surface area (Å²) >= 11 is 0. The third-order valence-corrected chi connectivity index (χ3v) is 5.26. The van der Waals surface area contributed by atoms with E-state index in [9.17, 15) is 9.90 Å². The summed E-state index contributed by atoms with van der Waals surface area (Å²) in [6, 6.07) is 5.53. The second-order valence-corrected chi connectivity index (χ2v) is 7.49. The number of likely N-dealkylation sites (N-methyl/N-ethyl adjacent to an activating group) is 1. The Bertz CT molecular complexity index is 1080. The van der Waals surface area contributed by atoms with Crippen LogP contribution in [0.15, 0.2) is 35.4 Å². The van der Waals surface area contributed by atoms with E-state index in [1.165, 1.54) is 0 Å². The van der Waals surface area contributed by atoms with Crippen LogP contribution in [0.25, 0.3) is 22.0 Å². The Kier molecular flexibility index (Phi) is 3.92. The first-order valence-corrected chi connectivity index (χ1v) is 8.97. The summed E-state index contributed by atoms with van der Waals surface area (Å²) in [5.74, 6) is 0.783. The molecule has 4 N–H and O–H groups in total. The van der Waals surface area contributed by atoms with E-state index >= 15 is 0 Å². The number of anilines is 2. The highest BCUT2D eigenvalue weighted by atomic mass is 16.5. The van der Waals surface area contributed by atoms with Crippen LogP contribution < -0.4 is 20.9 Å². The van der Waals surface area contributed by atoms with Crippen LogP contribution in [0.4, 0.5) is 11.4 Å². The molecule has 0 fully saturated rings. The number of aliphatic hydroxyl groups excluding tert-OH is 1. The van der Waals surface area contributed by atoms with Crippen LogP contribution in [0.5, 0.6) is 5.75 Å². The third kappa shape index (κ3) is 2.57. The zero-order chi connectivity index (χ0) is 19.5. The third-order valence-electron chi connectivity index (χ3n) is 5.26. The number of pyridine rings is 1. The number of ether oxygens (including phenoxy) is 1. The van der Waals surface area contributed by atoms with Gasteiger partial charge in [0.15, 0.2) is 12.0 Å². The highest BCUT2D eigenvalue weighted by molar-refractivity contribution is 5.98. The summed E-state index contributed by atoms with van der Waals surface area (Å²) in [5.41, 5.74) is 9.56. The molecule has 3 heterocycles. The predicted octanol–water partition coefficient (Wildman–Crippen LogP) is 2.29. The number of nitrogens with one attached hydrogen (secondary N) is 1. The summed E-state index contributed by atoms with van der Waals surface area (Å²) in [5, 5.41) is 11.4. The van der Waals surface area contributed by atoms with E-state index in [0.717, 1.165) is 22.2 Å². The van der Waals surface area contributed by atoms with Crippen LogP contribution >= 0.6 is 0 Å². The van der Waals surface area contributed by atoms with Crippen molar-refractivity contribution in [3.8, 4) is 16.9 Å². The highest BCUT2D eigenvalue weighted by Gasteiger charge is 2.36. The summed E-state index contributed by atoms with van der Waals surface area (Å²) in [6.45, 7) is 4.03. The van der Waals surface area contributed by atoms with Crippen LogP contribution in [-0.4, -0.2) is 34.0 Å². The SMILES string of the molecule is CC(C)C1Oc2c(-c3cn(C)c(=O)c4[nH]ccc34)cc(N)cc2N(C)C1O. The smallest absolute Gasteiger partial charge is 0.274 e. The maximum absolute atomic E-state index is 12.4. The molecule has 2 aromatic heterocycles. The molecule has 0 radical (unpaired) electrons. The van der Waals surface area contributed by atoms with E-state index in [0.29, 0.717) is 17.0 Å². The van der Waals surface area contributed by atoms with Crippen molar-refractivity contribution in [3.05, 3.63) is 40.9 Å². The van der Waals surface area contributed by atoms with Gasteiger partial charge < -0.3 is 30.0 Å². The molecule has 1 aliphatic heterocycles. The first-order valence-electron chi connectivity index (χ1n) is 8.97. The van der Waals surface area contributed by atoms with Gasteiger partial charge >= 0.3 is 0 Å². The zero-order valence-corrected chi connectivity index (χ0v) is 15.9. The molecule has 1 aliphatic rings. The molecular weight excluding hydrogens is 344 g/mol. The Balaban J connectivity index is 2.02. The second-order valence-electron chi connectivity index (χ2n) is 7.49. The van der Waals surface area contributed by atoms with Crippen LogP contribution in [0.2, 0.25) is 0 Å². The summed E-state index contributed by atoms with van der Waals surface area (Å²) in [7, 11) is 3.55. The van der Waals surface area contributed by atoms with Crippen molar-refractivity contribution in [3.63, 3.8) is 0 Å². The Labute approximate surface area is 157 Å². The molecule has 4 rings (SSSR count). The fourth-order valence-electron chi connectivity index (χ4n) is 3.74. The van der Waals surface area contributed by atoms with Gasteiger partial charge in [-0.05, 0) is 24.1 Å². The zero-order valence-electron chi connectivity index (χ0n) is 15.9. The molecule has 7 heteroatoms. The van der Waals surface area contributed by atoms with Gasteiger partial charge in [-0.25, -0.2) is 0 Å². The maximum Gasteiger partial charge on any atom is 0.274 e. The second kappa shape index (κ2) is 6.06. The molecule has 2 atom stereocenters. The van der Waals surface area contributed by atoms with Crippen molar-refractivity contribution in [2.75, 3.05) is 17.7 Å². The molecule has 0 spiro atoms. The Morgan fingerprint density at radius 3 is 2.70 bits per heavy atom. The van der Waals surface area contributed by atoms with E-state index in [-0.39, 0.29) is 17.6 Å². The summed E-state index contributed by atoms with van der Waals surface area (Å²) in [4.78, 5) is 17.2. The number of benzene rings is 1. The van der Waals surface area contributed by atoms with Gasteiger partial charge in [0.1, 0.15) is 11.6 Å². The van der Waals surface area contributed by atoms with E-state index in [1.54, 1.807) is 35.0 Å². The number of rotatable bonds is 2. The van der Waals surface area contributed by atoms with Gasteiger partial charge in [0.05, 0.1) is 5.69 Å². The number of hydrogen-bond acceptors (Lipinski definition) is 5. The number of aliphatic hydroxyl groups is 1. The molecule has 2 unspecified atom stereocenters. The Morgan fingerprint density at radius 2 is 2.00 bits per heavy atom. The Morgan fingerprint density at radius 1 is 1.26 bits per heavy atom. The van der Waals surface area contributed by atoms with Crippen LogP contribution in [0, 0.1) is 5.92 Å². The molecule has 142 valence electrons. The minimum atomic E-state index is -0.764. The minimum absolute atomic E-state index is 0.0926. The van der Waals surface area contributed by atoms with Gasteiger partial charge in [-0.2, -0.15) is 0 Å². The molecule has 27 heavy (non-hydrogen) atoms. The highest BCUT2D eigenvalue weighted by Crippen LogP contribution is 2.46. The van der Waals surface area contributed by atoms with E-state index < -0.39 is 6.23 Å². The van der Waals surface area contributed by atoms with Crippen molar-refractivity contribution in [2.24, 2.45) is 13.0 Å². The largest absolute Gasteiger partial charge is 0.483 e. The normalized spacial score (nSPS) is 19.4. The number of nitrogens with zero attached hydrogens (tertiary/aromatic N) is 2. The molecule has 0 amide bonds. The average Bonchev–Trinajstić information content (AvgIpc) is 3.11. The van der Waals surface area contributed by atoms with Gasteiger partial charge in [0.2, 0.25) is 0 Å². The van der Waals surface area contributed by atoms with Gasteiger partial charge in [0, 0.05) is 48.7 Å². The van der Waals surface area contributed by atoms with Gasteiger partial charge in [0.25, 0.3) is 5.56 Å². The number of aryl methyl sites for hydroxylation is 1. The lowest BCUT2D eigenvalue weighted by Gasteiger charge is -2.41. The number of H-pyrrole nitrogens is 1. The molecule has 0 saturated heterocycles. The molecule has 3 aromatic rings. The number of nitrogen functional groups attached to an aromatic ring is 1. The quantitative estimate of drug-likeness (QED) is 0.603. The molecule has 0 aliphatic carbocycles. The first-order chi connectivity index (χ1) is 12.8. The number of aromatic nitrogens is 2. The lowest BCUT2D eigenvalue weighted by atomic mass is 9.97. The number of hydrogen-bond donors (Lipinski definition) is 3. The molecule has 7 nitrogen and oxygen atoms in total.